The van der Waals surface area contributed by atoms with Gasteiger partial charge in [-0.1, -0.05) is 39.0 Å². The molecule has 4 nitrogen and oxygen atoms in total. The van der Waals surface area contributed by atoms with Gasteiger partial charge in [0.15, 0.2) is 0 Å². The van der Waals surface area contributed by atoms with Gasteiger partial charge in [0.1, 0.15) is 0 Å². The minimum absolute atomic E-state index is 0.236. The van der Waals surface area contributed by atoms with Crippen molar-refractivity contribution in [2.45, 2.75) is 70.4 Å². The number of amides is 1. The van der Waals surface area contributed by atoms with Gasteiger partial charge in [-0.3, -0.25) is 9.69 Å². The molecule has 0 radical (unpaired) electrons. The van der Waals surface area contributed by atoms with Gasteiger partial charge in [0.25, 0.3) is 0 Å². The maximum Gasteiger partial charge on any atom is 0.234 e. The standard InChI is InChI=1S/C17H33N3O/c1-3-14-12-20(11-10-16(14)18-2)13-17(21)19-15-8-6-4-5-7-9-15/h14-16,18H,3-13H2,1-2H3,(H,19,21). The van der Waals surface area contributed by atoms with Crippen LogP contribution in [-0.2, 0) is 4.79 Å². The molecule has 2 aliphatic rings. The second-order valence-electron chi connectivity index (χ2n) is 6.84. The van der Waals surface area contributed by atoms with Crippen molar-refractivity contribution in [3.05, 3.63) is 0 Å². The molecule has 0 aromatic carbocycles. The van der Waals surface area contributed by atoms with Crippen LogP contribution in [-0.4, -0.2) is 49.6 Å². The monoisotopic (exact) mass is 295 g/mol. The molecule has 0 bridgehead atoms. The average molecular weight is 295 g/mol. The van der Waals surface area contributed by atoms with E-state index in [9.17, 15) is 4.79 Å². The van der Waals surface area contributed by atoms with E-state index < -0.39 is 0 Å². The van der Waals surface area contributed by atoms with E-state index in [1.807, 2.05) is 0 Å². The molecule has 21 heavy (non-hydrogen) atoms. The van der Waals surface area contributed by atoms with Gasteiger partial charge < -0.3 is 10.6 Å². The highest BCUT2D eigenvalue weighted by Gasteiger charge is 2.28. The molecular weight excluding hydrogens is 262 g/mol. The molecular formula is C17H33N3O. The first-order chi connectivity index (χ1) is 10.2. The van der Waals surface area contributed by atoms with Crippen LogP contribution in [0.1, 0.15) is 58.3 Å². The zero-order valence-corrected chi connectivity index (χ0v) is 13.9. The van der Waals surface area contributed by atoms with E-state index >= 15 is 0 Å². The van der Waals surface area contributed by atoms with Gasteiger partial charge in [0.2, 0.25) is 5.91 Å². The van der Waals surface area contributed by atoms with Crippen LogP contribution in [0.5, 0.6) is 0 Å². The summed E-state index contributed by atoms with van der Waals surface area (Å²) in [6, 6.07) is 1.05. The third kappa shape index (κ3) is 5.26. The molecule has 2 rings (SSSR count). The van der Waals surface area contributed by atoms with Gasteiger partial charge in [0, 0.05) is 25.2 Å². The lowest BCUT2D eigenvalue weighted by Crippen LogP contribution is -2.51. The largest absolute Gasteiger partial charge is 0.352 e. The van der Waals surface area contributed by atoms with Gasteiger partial charge in [-0.15, -0.1) is 0 Å². The Morgan fingerprint density at radius 2 is 1.86 bits per heavy atom. The molecule has 1 heterocycles. The van der Waals surface area contributed by atoms with Crippen molar-refractivity contribution in [1.82, 2.24) is 15.5 Å². The molecule has 2 unspecified atom stereocenters. The zero-order valence-electron chi connectivity index (χ0n) is 13.9. The van der Waals surface area contributed by atoms with Crippen LogP contribution in [0.3, 0.4) is 0 Å². The highest BCUT2D eigenvalue weighted by Crippen LogP contribution is 2.20. The van der Waals surface area contributed by atoms with Crippen LogP contribution >= 0.6 is 0 Å². The Morgan fingerprint density at radius 1 is 1.14 bits per heavy atom. The minimum atomic E-state index is 0.236. The fourth-order valence-electron chi connectivity index (χ4n) is 3.94. The Hall–Kier alpha value is -0.610. The predicted molar refractivity (Wildman–Crippen MR) is 87.3 cm³/mol. The lowest BCUT2D eigenvalue weighted by molar-refractivity contribution is -0.123. The molecule has 0 aromatic heterocycles. The van der Waals surface area contributed by atoms with Crippen LogP contribution in [0.25, 0.3) is 0 Å². The van der Waals surface area contributed by atoms with Crippen molar-refractivity contribution in [2.24, 2.45) is 5.92 Å². The molecule has 1 aliphatic carbocycles. The summed E-state index contributed by atoms with van der Waals surface area (Å²) >= 11 is 0. The SMILES string of the molecule is CCC1CN(CC(=O)NC2CCCCCC2)CCC1NC. The third-order valence-corrected chi connectivity index (χ3v) is 5.30. The highest BCUT2D eigenvalue weighted by molar-refractivity contribution is 5.78. The molecule has 1 saturated heterocycles. The van der Waals surface area contributed by atoms with E-state index in [1.54, 1.807) is 0 Å². The molecule has 122 valence electrons. The maximum absolute atomic E-state index is 12.3. The third-order valence-electron chi connectivity index (χ3n) is 5.30. The fourth-order valence-corrected chi connectivity index (χ4v) is 3.94. The molecule has 1 aliphatic heterocycles. The van der Waals surface area contributed by atoms with Gasteiger partial charge in [0.05, 0.1) is 6.54 Å². The quantitative estimate of drug-likeness (QED) is 0.764. The Balaban J connectivity index is 1.74. The summed E-state index contributed by atoms with van der Waals surface area (Å²) in [7, 11) is 2.06. The van der Waals surface area contributed by atoms with E-state index in [-0.39, 0.29) is 5.91 Å². The first-order valence-corrected chi connectivity index (χ1v) is 8.92. The van der Waals surface area contributed by atoms with Crippen LogP contribution in [0.15, 0.2) is 0 Å². The first-order valence-electron chi connectivity index (χ1n) is 8.92. The van der Waals surface area contributed by atoms with E-state index in [0.29, 0.717) is 24.5 Å². The maximum atomic E-state index is 12.3. The lowest BCUT2D eigenvalue weighted by Gasteiger charge is -2.38. The summed E-state index contributed by atoms with van der Waals surface area (Å²) < 4.78 is 0. The minimum Gasteiger partial charge on any atom is -0.352 e. The second kappa shape index (κ2) is 8.74. The van der Waals surface area contributed by atoms with E-state index in [4.69, 9.17) is 0 Å². The Morgan fingerprint density at radius 3 is 2.48 bits per heavy atom. The molecule has 0 spiro atoms. The number of likely N-dealkylation sites (tertiary alicyclic amines) is 1. The van der Waals surface area contributed by atoms with Crippen LogP contribution < -0.4 is 10.6 Å². The number of piperidine rings is 1. The molecule has 2 fully saturated rings. The molecule has 1 saturated carbocycles. The second-order valence-corrected chi connectivity index (χ2v) is 6.84. The van der Waals surface area contributed by atoms with Crippen molar-refractivity contribution >= 4 is 5.91 Å². The lowest BCUT2D eigenvalue weighted by atomic mass is 9.90. The first kappa shape index (κ1) is 16.8. The number of carbonyl (C=O) groups excluding carboxylic acids is 1. The summed E-state index contributed by atoms with van der Waals surface area (Å²) in [5.74, 6) is 0.911. The normalized spacial score (nSPS) is 29.0. The van der Waals surface area contributed by atoms with E-state index in [2.05, 4.69) is 29.5 Å². The fraction of sp³-hybridized carbons (Fsp3) is 0.941. The smallest absolute Gasteiger partial charge is 0.234 e. The molecule has 2 N–H and O–H groups in total. The summed E-state index contributed by atoms with van der Waals surface area (Å²) in [4.78, 5) is 14.6. The van der Waals surface area contributed by atoms with Crippen molar-refractivity contribution in [3.8, 4) is 0 Å². The Labute approximate surface area is 130 Å². The van der Waals surface area contributed by atoms with Gasteiger partial charge in [-0.2, -0.15) is 0 Å². The summed E-state index contributed by atoms with van der Waals surface area (Å²) in [5.41, 5.74) is 0. The van der Waals surface area contributed by atoms with Crippen molar-refractivity contribution in [1.29, 1.82) is 0 Å². The molecule has 2 atom stereocenters. The Bertz CT molecular complexity index is 313. The molecule has 4 heteroatoms. The highest BCUT2D eigenvalue weighted by atomic mass is 16.2. The van der Waals surface area contributed by atoms with Crippen LogP contribution in [0.2, 0.25) is 0 Å². The predicted octanol–water partition coefficient (Wildman–Crippen LogP) is 2.15. The van der Waals surface area contributed by atoms with E-state index in [0.717, 1.165) is 19.5 Å². The summed E-state index contributed by atoms with van der Waals surface area (Å²) in [5, 5.41) is 6.69. The molecule has 0 aromatic rings. The van der Waals surface area contributed by atoms with Crippen LogP contribution in [0, 0.1) is 5.92 Å². The van der Waals surface area contributed by atoms with Crippen molar-refractivity contribution in [2.75, 3.05) is 26.7 Å². The number of nitrogens with one attached hydrogen (secondary N) is 2. The number of rotatable bonds is 5. The van der Waals surface area contributed by atoms with Gasteiger partial charge in [-0.05, 0) is 32.2 Å². The number of nitrogens with zero attached hydrogens (tertiary/aromatic N) is 1. The average Bonchev–Trinajstić information content (AvgIpc) is 2.75. The summed E-state index contributed by atoms with van der Waals surface area (Å²) in [6.07, 6.45) is 9.91. The molecule has 1 amide bonds. The number of carbonyl (C=O) groups is 1. The van der Waals surface area contributed by atoms with Gasteiger partial charge >= 0.3 is 0 Å². The number of hydrogen-bond donors (Lipinski definition) is 2. The van der Waals surface area contributed by atoms with E-state index in [1.165, 1.54) is 44.9 Å². The Kier molecular flexibility index (Phi) is 6.97. The summed E-state index contributed by atoms with van der Waals surface area (Å²) in [6.45, 7) is 4.94. The van der Waals surface area contributed by atoms with Crippen LogP contribution in [0.4, 0.5) is 0 Å². The van der Waals surface area contributed by atoms with Gasteiger partial charge in [-0.25, -0.2) is 0 Å². The van der Waals surface area contributed by atoms with Crippen molar-refractivity contribution < 1.29 is 4.79 Å². The zero-order chi connectivity index (χ0) is 15.1. The van der Waals surface area contributed by atoms with Crippen molar-refractivity contribution in [3.63, 3.8) is 0 Å². The topological polar surface area (TPSA) is 44.4 Å². The number of hydrogen-bond acceptors (Lipinski definition) is 3.